The highest BCUT2D eigenvalue weighted by Gasteiger charge is 2.43. The van der Waals surface area contributed by atoms with Crippen LogP contribution < -0.4 is 16.3 Å². The van der Waals surface area contributed by atoms with Crippen LogP contribution in [0.2, 0.25) is 0 Å². The van der Waals surface area contributed by atoms with Crippen LogP contribution in [-0.2, 0) is 25.7 Å². The lowest BCUT2D eigenvalue weighted by Crippen LogP contribution is -2.44. The van der Waals surface area contributed by atoms with Gasteiger partial charge in [0.15, 0.2) is 6.23 Å². The minimum Gasteiger partial charge on any atom is -0.445 e. The Balaban J connectivity index is 1.64. The predicted molar refractivity (Wildman–Crippen MR) is 137 cm³/mol. The van der Waals surface area contributed by atoms with Crippen LogP contribution in [0.1, 0.15) is 50.8 Å². The van der Waals surface area contributed by atoms with Crippen LogP contribution in [0.4, 0.5) is 10.6 Å². The van der Waals surface area contributed by atoms with Gasteiger partial charge in [-0.3, -0.25) is 9.36 Å². The molecule has 2 amide bonds. The van der Waals surface area contributed by atoms with Crippen LogP contribution in [0.5, 0.6) is 0 Å². The van der Waals surface area contributed by atoms with E-state index >= 15 is 0 Å². The summed E-state index contributed by atoms with van der Waals surface area (Å²) in [6, 6.07) is 9.33. The Bertz CT molecular complexity index is 1170. The fourth-order valence-electron chi connectivity index (χ4n) is 4.07. The van der Waals surface area contributed by atoms with Gasteiger partial charge in [0.2, 0.25) is 5.91 Å². The molecule has 1 fully saturated rings. The zero-order chi connectivity index (χ0) is 28.4. The highest BCUT2D eigenvalue weighted by molar-refractivity contribution is 5.95. The molecule has 2 aromatic rings. The molecule has 5 N–H and O–H groups in total. The van der Waals surface area contributed by atoms with Crippen molar-refractivity contribution in [3.63, 3.8) is 0 Å². The number of hydrogen-bond acceptors (Lipinski definition) is 10. The number of unbranched alkanes of at least 4 members (excludes halogenated alkanes) is 2. The normalized spacial score (nSPS) is 21.2. The molecule has 0 spiro atoms. The standard InChI is InChI=1S/C26H34N4O9/c1-16(32)8-4-2-7-11-18(27-26(37)38-15-17-9-5-3-6-10-17)23(35)28-20-12-13-30(25(36)29-20)24-22(34)21(33)19(14-31)39-24/h3,5-6,9-10,12-13,18-19,21-22,24,31,33-34H,2,4,7-8,11,14-15H2,1H3,(H,27,37)(H,28,29,35,36)/t18?,19-,21?,22-,24-/m1/s1. The number of alkyl carbamates (subject to hydrolysis) is 1. The minimum absolute atomic E-state index is 0.0142. The summed E-state index contributed by atoms with van der Waals surface area (Å²) in [6.07, 6.45) is -2.22. The van der Waals surface area contributed by atoms with Gasteiger partial charge < -0.3 is 40.2 Å². The Labute approximate surface area is 224 Å². The molecule has 5 atom stereocenters. The first-order chi connectivity index (χ1) is 18.7. The Morgan fingerprint density at radius 2 is 1.85 bits per heavy atom. The van der Waals surface area contributed by atoms with Crippen LogP contribution in [0.3, 0.4) is 0 Å². The molecule has 2 heterocycles. The number of aromatic nitrogens is 2. The molecule has 0 aliphatic carbocycles. The maximum absolute atomic E-state index is 13.0. The van der Waals surface area contributed by atoms with E-state index in [0.29, 0.717) is 25.7 Å². The molecule has 39 heavy (non-hydrogen) atoms. The van der Waals surface area contributed by atoms with Gasteiger partial charge in [-0.25, -0.2) is 9.59 Å². The summed E-state index contributed by atoms with van der Waals surface area (Å²) < 4.78 is 11.5. The predicted octanol–water partition coefficient (Wildman–Crippen LogP) is 0.628. The monoisotopic (exact) mass is 546 g/mol. The number of nitrogens with zero attached hydrogens (tertiary/aromatic N) is 2. The number of nitrogens with one attached hydrogen (secondary N) is 2. The van der Waals surface area contributed by atoms with Gasteiger partial charge in [0.1, 0.15) is 42.6 Å². The van der Waals surface area contributed by atoms with E-state index in [-0.39, 0.29) is 24.6 Å². The lowest BCUT2D eigenvalue weighted by atomic mass is 10.1. The first-order valence-corrected chi connectivity index (χ1v) is 12.7. The van der Waals surface area contributed by atoms with Crippen molar-refractivity contribution in [1.29, 1.82) is 0 Å². The van der Waals surface area contributed by atoms with Crippen LogP contribution >= 0.6 is 0 Å². The van der Waals surface area contributed by atoms with Crippen molar-refractivity contribution in [1.82, 2.24) is 14.9 Å². The molecule has 0 bridgehead atoms. The Morgan fingerprint density at radius 3 is 2.49 bits per heavy atom. The van der Waals surface area contributed by atoms with Crippen LogP contribution in [0, 0.1) is 0 Å². The van der Waals surface area contributed by atoms with Gasteiger partial charge in [0.05, 0.1) is 6.61 Å². The zero-order valence-corrected chi connectivity index (χ0v) is 21.6. The molecule has 0 radical (unpaired) electrons. The van der Waals surface area contributed by atoms with Gasteiger partial charge >= 0.3 is 11.8 Å². The summed E-state index contributed by atoms with van der Waals surface area (Å²) in [4.78, 5) is 53.0. The lowest BCUT2D eigenvalue weighted by Gasteiger charge is -2.19. The summed E-state index contributed by atoms with van der Waals surface area (Å²) in [5, 5.41) is 34.4. The van der Waals surface area contributed by atoms with Crippen molar-refractivity contribution in [3.05, 3.63) is 58.6 Å². The van der Waals surface area contributed by atoms with E-state index in [1.54, 1.807) is 24.3 Å². The fourth-order valence-corrected chi connectivity index (χ4v) is 4.07. The van der Waals surface area contributed by atoms with Crippen molar-refractivity contribution in [3.8, 4) is 0 Å². The number of Topliss-reactive ketones (excluding diaryl/α,β-unsaturated/α-hetero) is 1. The van der Waals surface area contributed by atoms with Crippen LogP contribution in [0.25, 0.3) is 0 Å². The third kappa shape index (κ3) is 8.68. The molecule has 13 nitrogen and oxygen atoms in total. The molecule has 0 saturated carbocycles. The van der Waals surface area contributed by atoms with Crippen molar-refractivity contribution in [2.24, 2.45) is 0 Å². The number of rotatable bonds is 13. The second-order valence-electron chi connectivity index (χ2n) is 9.28. The van der Waals surface area contributed by atoms with E-state index in [1.807, 2.05) is 6.07 Å². The van der Waals surface area contributed by atoms with Gasteiger partial charge in [-0.2, -0.15) is 4.98 Å². The molecule has 1 saturated heterocycles. The summed E-state index contributed by atoms with van der Waals surface area (Å²) in [5.41, 5.74) is -0.101. The molecular formula is C26H34N4O9. The number of ether oxygens (including phenoxy) is 2. The second kappa shape index (κ2) is 14.5. The van der Waals surface area contributed by atoms with E-state index in [0.717, 1.165) is 10.1 Å². The third-order valence-electron chi connectivity index (χ3n) is 6.22. The van der Waals surface area contributed by atoms with E-state index < -0.39 is 54.9 Å². The summed E-state index contributed by atoms with van der Waals surface area (Å²) in [6.45, 7) is 0.969. The molecule has 1 aliphatic rings. The van der Waals surface area contributed by atoms with Gasteiger partial charge in [0.25, 0.3) is 0 Å². The van der Waals surface area contributed by atoms with E-state index in [1.165, 1.54) is 19.2 Å². The largest absolute Gasteiger partial charge is 0.445 e. The van der Waals surface area contributed by atoms with E-state index in [4.69, 9.17) is 9.47 Å². The zero-order valence-electron chi connectivity index (χ0n) is 21.6. The van der Waals surface area contributed by atoms with E-state index in [2.05, 4.69) is 15.6 Å². The van der Waals surface area contributed by atoms with Crippen molar-refractivity contribution < 1.29 is 39.2 Å². The number of carbonyl (C=O) groups excluding carboxylic acids is 3. The maximum Gasteiger partial charge on any atom is 0.408 e. The molecule has 212 valence electrons. The number of amides is 2. The van der Waals surface area contributed by atoms with Crippen LogP contribution in [-0.4, -0.2) is 73.6 Å². The number of aliphatic hydroxyl groups is 3. The molecule has 1 aromatic heterocycles. The molecule has 3 rings (SSSR count). The van der Waals surface area contributed by atoms with Gasteiger partial charge in [0, 0.05) is 12.6 Å². The number of ketones is 1. The molecule has 1 aliphatic heterocycles. The van der Waals surface area contributed by atoms with Crippen molar-refractivity contribution in [2.45, 2.75) is 76.2 Å². The van der Waals surface area contributed by atoms with E-state index in [9.17, 15) is 34.5 Å². The number of aliphatic hydroxyl groups excluding tert-OH is 3. The minimum atomic E-state index is -1.47. The van der Waals surface area contributed by atoms with Gasteiger partial charge in [-0.1, -0.05) is 43.2 Å². The van der Waals surface area contributed by atoms with Crippen molar-refractivity contribution >= 4 is 23.6 Å². The smallest absolute Gasteiger partial charge is 0.408 e. The molecular weight excluding hydrogens is 512 g/mol. The van der Waals surface area contributed by atoms with Crippen LogP contribution in [0.15, 0.2) is 47.4 Å². The third-order valence-corrected chi connectivity index (χ3v) is 6.22. The number of hydrogen-bond donors (Lipinski definition) is 5. The Hall–Kier alpha value is -3.65. The average Bonchev–Trinajstić information content (AvgIpc) is 3.20. The topological polar surface area (TPSA) is 189 Å². The summed E-state index contributed by atoms with van der Waals surface area (Å²) >= 11 is 0. The number of anilines is 1. The molecule has 13 heteroatoms. The quantitative estimate of drug-likeness (QED) is 0.223. The summed E-state index contributed by atoms with van der Waals surface area (Å²) in [7, 11) is 0. The Kier molecular flexibility index (Phi) is 11.1. The number of carbonyl (C=O) groups is 3. The highest BCUT2D eigenvalue weighted by atomic mass is 16.6. The SMILES string of the molecule is CC(=O)CCCCCC(NC(=O)OCc1ccccc1)C(=O)Nc1ccn([C@@H]2O[C@H](CO)C(O)[C@H]2O)c(=O)n1. The molecule has 1 aromatic carbocycles. The maximum atomic E-state index is 13.0. The summed E-state index contributed by atoms with van der Waals surface area (Å²) in [5.74, 6) is -0.658. The van der Waals surface area contributed by atoms with Crippen molar-refractivity contribution in [2.75, 3.05) is 11.9 Å². The first-order valence-electron chi connectivity index (χ1n) is 12.7. The lowest BCUT2D eigenvalue weighted by molar-refractivity contribution is -0.118. The van der Waals surface area contributed by atoms with Gasteiger partial charge in [-0.15, -0.1) is 0 Å². The fraction of sp³-hybridized carbons (Fsp3) is 0.500. The Morgan fingerprint density at radius 1 is 1.10 bits per heavy atom. The molecule has 2 unspecified atom stereocenters. The second-order valence-corrected chi connectivity index (χ2v) is 9.28. The first kappa shape index (κ1) is 29.9. The highest BCUT2D eigenvalue weighted by Crippen LogP contribution is 2.28. The average molecular weight is 547 g/mol. The van der Waals surface area contributed by atoms with Gasteiger partial charge in [-0.05, 0) is 31.4 Å². The number of benzene rings is 1.